The number of aromatic nitrogens is 1. The van der Waals surface area contributed by atoms with Gasteiger partial charge in [-0.05, 0) is 36.4 Å². The molecule has 0 N–H and O–H groups in total. The highest BCUT2D eigenvalue weighted by Gasteiger charge is 2.12. The molecule has 0 aliphatic heterocycles. The van der Waals surface area contributed by atoms with E-state index in [1.807, 2.05) is 17.5 Å². The highest BCUT2D eigenvalue weighted by Crippen LogP contribution is 2.33. The Morgan fingerprint density at radius 3 is 2.65 bits per heavy atom. The van der Waals surface area contributed by atoms with E-state index in [-0.39, 0.29) is 12.2 Å². The van der Waals surface area contributed by atoms with Gasteiger partial charge in [-0.2, -0.15) is 0 Å². The van der Waals surface area contributed by atoms with Crippen molar-refractivity contribution < 1.29 is 23.4 Å². The minimum absolute atomic E-state index is 0.0130. The van der Waals surface area contributed by atoms with Gasteiger partial charge < -0.3 is 14.2 Å². The van der Waals surface area contributed by atoms with Crippen molar-refractivity contribution in [2.75, 3.05) is 14.2 Å². The van der Waals surface area contributed by atoms with Crippen molar-refractivity contribution in [1.29, 1.82) is 0 Å². The van der Waals surface area contributed by atoms with E-state index in [0.717, 1.165) is 16.6 Å². The Bertz CT molecular complexity index is 925. The molecule has 7 heteroatoms. The fraction of sp³-hybridized carbons (Fsp3) is 0.158. The normalized spacial score (nSPS) is 10.4. The molecule has 0 aliphatic rings. The average molecular weight is 373 g/mol. The van der Waals surface area contributed by atoms with Crippen LogP contribution in [0.1, 0.15) is 16.1 Å². The molecule has 0 spiro atoms. The fourth-order valence-electron chi connectivity index (χ4n) is 2.31. The predicted octanol–water partition coefficient (Wildman–Crippen LogP) is 4.32. The minimum atomic E-state index is -0.592. The SMILES string of the molecule is COc1ccc(-c2nc(COC(=O)c3cccc(F)c3)cs2)cc1OC. The maximum atomic E-state index is 13.2. The Balaban J connectivity index is 1.69. The lowest BCUT2D eigenvalue weighted by atomic mass is 10.2. The molecule has 0 bridgehead atoms. The maximum Gasteiger partial charge on any atom is 0.338 e. The lowest BCUT2D eigenvalue weighted by Crippen LogP contribution is -2.05. The molecule has 3 rings (SSSR count). The molecule has 2 aromatic carbocycles. The highest BCUT2D eigenvalue weighted by molar-refractivity contribution is 7.13. The van der Waals surface area contributed by atoms with E-state index < -0.39 is 11.8 Å². The van der Waals surface area contributed by atoms with Crippen LogP contribution in [0.25, 0.3) is 10.6 Å². The highest BCUT2D eigenvalue weighted by atomic mass is 32.1. The number of rotatable bonds is 6. The quantitative estimate of drug-likeness (QED) is 0.602. The van der Waals surface area contributed by atoms with Crippen molar-refractivity contribution in [3.8, 4) is 22.1 Å². The van der Waals surface area contributed by atoms with Crippen LogP contribution in [0.2, 0.25) is 0 Å². The summed E-state index contributed by atoms with van der Waals surface area (Å²) < 4.78 is 28.9. The molecular weight excluding hydrogens is 357 g/mol. The number of methoxy groups -OCH3 is 2. The molecule has 3 aromatic rings. The van der Waals surface area contributed by atoms with Gasteiger partial charge in [0.1, 0.15) is 17.4 Å². The first-order valence-electron chi connectivity index (χ1n) is 7.70. The predicted molar refractivity (Wildman–Crippen MR) is 96.2 cm³/mol. The van der Waals surface area contributed by atoms with E-state index in [2.05, 4.69) is 4.98 Å². The molecule has 0 saturated heterocycles. The monoisotopic (exact) mass is 373 g/mol. The third-order valence-electron chi connectivity index (χ3n) is 3.59. The van der Waals surface area contributed by atoms with E-state index in [4.69, 9.17) is 14.2 Å². The third kappa shape index (κ3) is 4.00. The van der Waals surface area contributed by atoms with Gasteiger partial charge in [-0.15, -0.1) is 11.3 Å². The minimum Gasteiger partial charge on any atom is -0.493 e. The van der Waals surface area contributed by atoms with E-state index in [9.17, 15) is 9.18 Å². The van der Waals surface area contributed by atoms with Gasteiger partial charge >= 0.3 is 5.97 Å². The number of hydrogen-bond donors (Lipinski definition) is 0. The van der Waals surface area contributed by atoms with Crippen LogP contribution in [-0.4, -0.2) is 25.2 Å². The summed E-state index contributed by atoms with van der Waals surface area (Å²) >= 11 is 1.43. The average Bonchev–Trinajstić information content (AvgIpc) is 3.14. The number of carbonyl (C=O) groups is 1. The largest absolute Gasteiger partial charge is 0.493 e. The van der Waals surface area contributed by atoms with Crippen molar-refractivity contribution in [2.24, 2.45) is 0 Å². The third-order valence-corrected chi connectivity index (χ3v) is 4.53. The zero-order valence-electron chi connectivity index (χ0n) is 14.2. The van der Waals surface area contributed by atoms with Gasteiger partial charge in [0.05, 0.1) is 25.5 Å². The molecule has 1 aromatic heterocycles. The number of thiazole rings is 1. The second-order valence-electron chi connectivity index (χ2n) is 5.30. The second-order valence-corrected chi connectivity index (χ2v) is 6.16. The van der Waals surface area contributed by atoms with Gasteiger partial charge in [0.2, 0.25) is 0 Å². The molecule has 1 heterocycles. The molecule has 0 saturated carbocycles. The van der Waals surface area contributed by atoms with Crippen LogP contribution < -0.4 is 9.47 Å². The zero-order valence-corrected chi connectivity index (χ0v) is 15.0. The number of esters is 1. The molecular formula is C19H16FNO4S. The number of nitrogens with zero attached hydrogens (tertiary/aromatic N) is 1. The summed E-state index contributed by atoms with van der Waals surface area (Å²) in [6.45, 7) is 0.0130. The molecule has 0 unspecified atom stereocenters. The topological polar surface area (TPSA) is 57.7 Å². The van der Waals surface area contributed by atoms with Crippen LogP contribution >= 0.6 is 11.3 Å². The molecule has 0 atom stereocenters. The van der Waals surface area contributed by atoms with Crippen molar-refractivity contribution in [3.05, 3.63) is 64.9 Å². The molecule has 5 nitrogen and oxygen atoms in total. The Labute approximate surface area is 154 Å². The zero-order chi connectivity index (χ0) is 18.5. The molecule has 134 valence electrons. The van der Waals surface area contributed by atoms with Crippen LogP contribution in [0, 0.1) is 5.82 Å². The van der Waals surface area contributed by atoms with Gasteiger partial charge in [0.25, 0.3) is 0 Å². The van der Waals surface area contributed by atoms with E-state index in [0.29, 0.717) is 17.2 Å². The summed E-state index contributed by atoms with van der Waals surface area (Å²) in [5.41, 5.74) is 1.65. The summed E-state index contributed by atoms with van der Waals surface area (Å²) in [5, 5.41) is 2.58. The lowest BCUT2D eigenvalue weighted by molar-refractivity contribution is 0.0468. The smallest absolute Gasteiger partial charge is 0.338 e. The first-order chi connectivity index (χ1) is 12.6. The Kier molecular flexibility index (Phi) is 5.48. The Morgan fingerprint density at radius 2 is 1.92 bits per heavy atom. The summed E-state index contributed by atoms with van der Waals surface area (Å²) in [7, 11) is 3.15. The first kappa shape index (κ1) is 17.9. The summed E-state index contributed by atoms with van der Waals surface area (Å²) in [6, 6.07) is 10.9. The second kappa shape index (κ2) is 7.97. The van der Waals surface area contributed by atoms with Crippen LogP contribution in [0.15, 0.2) is 47.8 Å². The lowest BCUT2D eigenvalue weighted by Gasteiger charge is -2.08. The summed E-state index contributed by atoms with van der Waals surface area (Å²) in [6.07, 6.45) is 0. The summed E-state index contributed by atoms with van der Waals surface area (Å²) in [4.78, 5) is 16.4. The maximum absolute atomic E-state index is 13.2. The van der Waals surface area contributed by atoms with Gasteiger partial charge in [-0.25, -0.2) is 14.2 Å². The van der Waals surface area contributed by atoms with Gasteiger partial charge in [-0.1, -0.05) is 6.07 Å². The van der Waals surface area contributed by atoms with Crippen LogP contribution in [0.5, 0.6) is 11.5 Å². The van der Waals surface area contributed by atoms with Crippen molar-refractivity contribution in [2.45, 2.75) is 6.61 Å². The molecule has 26 heavy (non-hydrogen) atoms. The molecule has 0 fully saturated rings. The Hall–Kier alpha value is -2.93. The van der Waals surface area contributed by atoms with Gasteiger partial charge in [0, 0.05) is 10.9 Å². The van der Waals surface area contributed by atoms with Crippen molar-refractivity contribution in [1.82, 2.24) is 4.98 Å². The van der Waals surface area contributed by atoms with Gasteiger partial charge in [-0.3, -0.25) is 0 Å². The number of carbonyl (C=O) groups excluding carboxylic acids is 1. The summed E-state index contributed by atoms with van der Waals surface area (Å²) in [5.74, 6) is 0.172. The molecule has 0 aliphatic carbocycles. The van der Waals surface area contributed by atoms with E-state index in [1.165, 1.54) is 29.5 Å². The number of ether oxygens (including phenoxy) is 3. The van der Waals surface area contributed by atoms with E-state index >= 15 is 0 Å². The van der Waals surface area contributed by atoms with Crippen LogP contribution in [-0.2, 0) is 11.3 Å². The van der Waals surface area contributed by atoms with Crippen LogP contribution in [0.4, 0.5) is 4.39 Å². The number of halogens is 1. The van der Waals surface area contributed by atoms with Gasteiger partial charge in [0.15, 0.2) is 11.5 Å². The standard InChI is InChI=1S/C19H16FNO4S/c1-23-16-7-6-12(9-17(16)24-2)18-21-15(11-26-18)10-25-19(22)13-4-3-5-14(20)8-13/h3-9,11H,10H2,1-2H3. The van der Waals surface area contributed by atoms with Crippen molar-refractivity contribution >= 4 is 17.3 Å². The molecule has 0 radical (unpaired) electrons. The van der Waals surface area contributed by atoms with Crippen molar-refractivity contribution in [3.63, 3.8) is 0 Å². The molecule has 0 amide bonds. The number of hydrogen-bond acceptors (Lipinski definition) is 6. The fourth-order valence-corrected chi connectivity index (χ4v) is 3.11. The van der Waals surface area contributed by atoms with E-state index in [1.54, 1.807) is 20.3 Å². The first-order valence-corrected chi connectivity index (χ1v) is 8.58. The Morgan fingerprint density at radius 1 is 1.12 bits per heavy atom. The van der Waals surface area contributed by atoms with Crippen LogP contribution in [0.3, 0.4) is 0 Å². The number of benzene rings is 2.